The number of benzene rings is 1. The number of hydrogen-bond acceptors (Lipinski definition) is 3. The van der Waals surface area contributed by atoms with Gasteiger partial charge in [-0.25, -0.2) is 0 Å². The zero-order valence-electron chi connectivity index (χ0n) is 12.1. The molecule has 3 unspecified atom stereocenters. The molecule has 1 aliphatic rings. The van der Waals surface area contributed by atoms with Crippen molar-refractivity contribution in [1.82, 2.24) is 10.2 Å². The molecular weight excluding hydrogens is 262 g/mol. The SMILES string of the molecule is CC1CN(C(C)c2ccc(OC(F)F)cc2)C(C)CN1. The first kappa shape index (κ1) is 15.2. The van der Waals surface area contributed by atoms with Crippen LogP contribution in [0.15, 0.2) is 24.3 Å². The highest BCUT2D eigenvalue weighted by Crippen LogP contribution is 2.26. The second-order valence-electron chi connectivity index (χ2n) is 5.48. The minimum absolute atomic E-state index is 0.206. The Bertz CT molecular complexity index is 424. The summed E-state index contributed by atoms with van der Waals surface area (Å²) in [5.74, 6) is 0.206. The lowest BCUT2D eigenvalue weighted by Gasteiger charge is -2.41. The van der Waals surface area contributed by atoms with Crippen molar-refractivity contribution in [2.75, 3.05) is 13.1 Å². The molecule has 1 saturated heterocycles. The van der Waals surface area contributed by atoms with Crippen LogP contribution in [-0.2, 0) is 0 Å². The summed E-state index contributed by atoms with van der Waals surface area (Å²) >= 11 is 0. The maximum absolute atomic E-state index is 12.1. The van der Waals surface area contributed by atoms with Crippen molar-refractivity contribution in [2.45, 2.75) is 45.5 Å². The summed E-state index contributed by atoms with van der Waals surface area (Å²) in [6.45, 7) is 5.70. The van der Waals surface area contributed by atoms with Gasteiger partial charge in [-0.2, -0.15) is 8.78 Å². The average Bonchev–Trinajstić information content (AvgIpc) is 2.41. The number of rotatable bonds is 4. The Hall–Kier alpha value is -1.20. The van der Waals surface area contributed by atoms with Crippen LogP contribution in [0.1, 0.15) is 32.4 Å². The van der Waals surface area contributed by atoms with Crippen LogP contribution in [0.2, 0.25) is 0 Å². The summed E-state index contributed by atoms with van der Waals surface area (Å²) in [6.07, 6.45) is 0. The zero-order valence-corrected chi connectivity index (χ0v) is 12.1. The second kappa shape index (κ2) is 6.50. The predicted molar refractivity (Wildman–Crippen MR) is 75.1 cm³/mol. The predicted octanol–water partition coefficient (Wildman–Crippen LogP) is 3.03. The van der Waals surface area contributed by atoms with Crippen molar-refractivity contribution in [3.63, 3.8) is 0 Å². The summed E-state index contributed by atoms with van der Waals surface area (Å²) in [6, 6.07) is 8.12. The fourth-order valence-corrected chi connectivity index (χ4v) is 2.71. The van der Waals surface area contributed by atoms with Crippen LogP contribution < -0.4 is 10.1 Å². The lowest BCUT2D eigenvalue weighted by Crippen LogP contribution is -2.54. The van der Waals surface area contributed by atoms with Gasteiger partial charge in [-0.1, -0.05) is 12.1 Å². The van der Waals surface area contributed by atoms with Gasteiger partial charge in [0.1, 0.15) is 5.75 Å². The summed E-state index contributed by atoms with van der Waals surface area (Å²) in [5.41, 5.74) is 1.12. The molecule has 1 aromatic rings. The molecule has 1 fully saturated rings. The van der Waals surface area contributed by atoms with Crippen LogP contribution in [0.4, 0.5) is 8.78 Å². The molecule has 0 aromatic heterocycles. The Balaban J connectivity index is 2.06. The van der Waals surface area contributed by atoms with Crippen LogP contribution in [0.25, 0.3) is 0 Å². The molecule has 0 saturated carbocycles. The number of nitrogens with one attached hydrogen (secondary N) is 1. The number of hydrogen-bond donors (Lipinski definition) is 1. The van der Waals surface area contributed by atoms with Crippen LogP contribution in [-0.4, -0.2) is 36.7 Å². The minimum Gasteiger partial charge on any atom is -0.435 e. The van der Waals surface area contributed by atoms with Gasteiger partial charge in [-0.3, -0.25) is 4.90 Å². The van der Waals surface area contributed by atoms with E-state index in [9.17, 15) is 8.78 Å². The van der Waals surface area contributed by atoms with E-state index < -0.39 is 6.61 Å². The first-order valence-electron chi connectivity index (χ1n) is 7.01. The molecule has 20 heavy (non-hydrogen) atoms. The molecule has 0 bridgehead atoms. The fourth-order valence-electron chi connectivity index (χ4n) is 2.71. The molecule has 112 valence electrons. The van der Waals surface area contributed by atoms with Crippen molar-refractivity contribution in [2.24, 2.45) is 0 Å². The van der Waals surface area contributed by atoms with Crippen LogP contribution in [0.3, 0.4) is 0 Å². The van der Waals surface area contributed by atoms with E-state index in [1.54, 1.807) is 12.1 Å². The Morgan fingerprint density at radius 2 is 1.90 bits per heavy atom. The third-order valence-electron chi connectivity index (χ3n) is 3.90. The van der Waals surface area contributed by atoms with Gasteiger partial charge in [0, 0.05) is 31.2 Å². The number of ether oxygens (including phenoxy) is 1. The van der Waals surface area contributed by atoms with Gasteiger partial charge >= 0.3 is 6.61 Å². The molecule has 1 aliphatic heterocycles. The van der Waals surface area contributed by atoms with Gasteiger partial charge in [0.05, 0.1) is 0 Å². The summed E-state index contributed by atoms with van der Waals surface area (Å²) < 4.78 is 28.6. The largest absolute Gasteiger partial charge is 0.435 e. The van der Waals surface area contributed by atoms with E-state index in [-0.39, 0.29) is 11.8 Å². The third-order valence-corrected chi connectivity index (χ3v) is 3.90. The molecule has 1 heterocycles. The van der Waals surface area contributed by atoms with E-state index in [0.717, 1.165) is 18.7 Å². The van der Waals surface area contributed by atoms with Crippen molar-refractivity contribution in [1.29, 1.82) is 0 Å². The molecule has 1 aromatic carbocycles. The van der Waals surface area contributed by atoms with E-state index in [0.29, 0.717) is 12.1 Å². The Labute approximate surface area is 118 Å². The van der Waals surface area contributed by atoms with Gasteiger partial charge in [0.15, 0.2) is 0 Å². The van der Waals surface area contributed by atoms with Gasteiger partial charge in [0.2, 0.25) is 0 Å². The first-order valence-corrected chi connectivity index (χ1v) is 7.01. The highest BCUT2D eigenvalue weighted by molar-refractivity contribution is 5.29. The van der Waals surface area contributed by atoms with Crippen LogP contribution in [0.5, 0.6) is 5.75 Å². The minimum atomic E-state index is -2.77. The maximum Gasteiger partial charge on any atom is 0.387 e. The standard InChI is InChI=1S/C15H22F2N2O/c1-10-9-19(11(2)8-18-10)12(3)13-4-6-14(7-5-13)20-15(16)17/h4-7,10-12,15,18H,8-9H2,1-3H3. The fraction of sp³-hybridized carbons (Fsp3) is 0.600. The molecule has 5 heteroatoms. The van der Waals surface area contributed by atoms with E-state index in [2.05, 4.69) is 35.7 Å². The molecule has 2 rings (SSSR count). The van der Waals surface area contributed by atoms with Gasteiger partial charge in [0.25, 0.3) is 0 Å². The Morgan fingerprint density at radius 3 is 2.50 bits per heavy atom. The Kier molecular flexibility index (Phi) is 4.94. The molecule has 0 spiro atoms. The topological polar surface area (TPSA) is 24.5 Å². The van der Waals surface area contributed by atoms with Crippen molar-refractivity contribution in [3.05, 3.63) is 29.8 Å². The molecule has 3 nitrogen and oxygen atoms in total. The smallest absolute Gasteiger partial charge is 0.387 e. The van der Waals surface area contributed by atoms with Crippen LogP contribution >= 0.6 is 0 Å². The summed E-state index contributed by atoms with van der Waals surface area (Å²) in [5, 5.41) is 3.45. The number of halogens is 2. The van der Waals surface area contributed by atoms with Crippen LogP contribution in [0, 0.1) is 0 Å². The van der Waals surface area contributed by atoms with Crippen molar-refractivity contribution >= 4 is 0 Å². The van der Waals surface area contributed by atoms with Gasteiger partial charge in [-0.15, -0.1) is 0 Å². The maximum atomic E-state index is 12.1. The molecule has 3 atom stereocenters. The first-order chi connectivity index (χ1) is 9.47. The Morgan fingerprint density at radius 1 is 1.25 bits per heavy atom. The van der Waals surface area contributed by atoms with Gasteiger partial charge in [-0.05, 0) is 38.5 Å². The molecular formula is C15H22F2N2O. The van der Waals surface area contributed by atoms with E-state index in [1.807, 2.05) is 12.1 Å². The monoisotopic (exact) mass is 284 g/mol. The molecule has 0 radical (unpaired) electrons. The number of nitrogens with zero attached hydrogens (tertiary/aromatic N) is 1. The second-order valence-corrected chi connectivity index (χ2v) is 5.48. The summed E-state index contributed by atoms with van der Waals surface area (Å²) in [4.78, 5) is 2.43. The quantitative estimate of drug-likeness (QED) is 0.920. The van der Waals surface area contributed by atoms with Crippen molar-refractivity contribution < 1.29 is 13.5 Å². The lowest BCUT2D eigenvalue weighted by molar-refractivity contribution is -0.0498. The molecule has 1 N–H and O–H groups in total. The third kappa shape index (κ3) is 3.67. The lowest BCUT2D eigenvalue weighted by atomic mass is 10.0. The highest BCUT2D eigenvalue weighted by atomic mass is 19.3. The molecule has 0 amide bonds. The van der Waals surface area contributed by atoms with Crippen molar-refractivity contribution in [3.8, 4) is 5.75 Å². The van der Waals surface area contributed by atoms with E-state index in [4.69, 9.17) is 0 Å². The van der Waals surface area contributed by atoms with E-state index in [1.165, 1.54) is 0 Å². The molecule has 0 aliphatic carbocycles. The number of piperazine rings is 1. The summed E-state index contributed by atoms with van der Waals surface area (Å²) in [7, 11) is 0. The normalized spacial score (nSPS) is 25.7. The highest BCUT2D eigenvalue weighted by Gasteiger charge is 2.27. The average molecular weight is 284 g/mol. The van der Waals surface area contributed by atoms with E-state index >= 15 is 0 Å². The van der Waals surface area contributed by atoms with Gasteiger partial charge < -0.3 is 10.1 Å². The zero-order chi connectivity index (χ0) is 14.7. The number of alkyl halides is 2.